The molecule has 92 valence electrons. The predicted octanol–water partition coefficient (Wildman–Crippen LogP) is 1.71. The number of rotatable bonds is 7. The van der Waals surface area contributed by atoms with E-state index in [1.54, 1.807) is 0 Å². The highest BCUT2D eigenvalue weighted by Crippen LogP contribution is 2.09. The van der Waals surface area contributed by atoms with Crippen LogP contribution >= 0.6 is 0 Å². The van der Waals surface area contributed by atoms with Gasteiger partial charge in [0.25, 0.3) is 0 Å². The van der Waals surface area contributed by atoms with Crippen LogP contribution in [0.15, 0.2) is 12.3 Å². The third-order valence-electron chi connectivity index (χ3n) is 2.99. The Bertz CT molecular complexity index is 294. The summed E-state index contributed by atoms with van der Waals surface area (Å²) in [5, 5.41) is 16.8. The lowest BCUT2D eigenvalue weighted by atomic mass is 10.2. The molecule has 1 aromatic rings. The van der Waals surface area contributed by atoms with Gasteiger partial charge in [0.1, 0.15) is 0 Å². The fourth-order valence-corrected chi connectivity index (χ4v) is 1.49. The Labute approximate surface area is 97.7 Å². The van der Waals surface area contributed by atoms with E-state index in [1.165, 1.54) is 0 Å². The zero-order chi connectivity index (χ0) is 12.0. The topological polar surface area (TPSA) is 50.1 Å². The summed E-state index contributed by atoms with van der Waals surface area (Å²) in [6.07, 6.45) is 4.04. The second kappa shape index (κ2) is 6.66. The fraction of sp³-hybridized carbons (Fsp3) is 0.750. The van der Waals surface area contributed by atoms with Crippen LogP contribution in [0, 0.1) is 0 Å². The van der Waals surface area contributed by atoms with Crippen molar-refractivity contribution in [2.45, 2.75) is 52.2 Å². The van der Waals surface area contributed by atoms with E-state index in [2.05, 4.69) is 31.2 Å². The van der Waals surface area contributed by atoms with Gasteiger partial charge in [-0.25, -0.2) is 0 Å². The van der Waals surface area contributed by atoms with Gasteiger partial charge < -0.3 is 10.4 Å². The standard InChI is InChI=1S/C12H23N3O/c1-4-10(3)15-7-6-12(14-15)8-13-11(5-2)9-16/h6-7,10-11,13,16H,4-5,8-9H2,1-3H3. The minimum atomic E-state index is 0.175. The lowest BCUT2D eigenvalue weighted by Crippen LogP contribution is -2.31. The number of nitrogens with zero attached hydrogens (tertiary/aromatic N) is 2. The molecule has 4 heteroatoms. The molecule has 0 saturated heterocycles. The van der Waals surface area contributed by atoms with E-state index >= 15 is 0 Å². The van der Waals surface area contributed by atoms with E-state index in [0.717, 1.165) is 25.1 Å². The number of nitrogens with one attached hydrogen (secondary N) is 1. The molecule has 0 amide bonds. The molecule has 1 aromatic heterocycles. The van der Waals surface area contributed by atoms with Crippen molar-refractivity contribution in [1.29, 1.82) is 0 Å². The first-order valence-electron chi connectivity index (χ1n) is 6.09. The fourth-order valence-electron chi connectivity index (χ4n) is 1.49. The molecule has 0 aliphatic rings. The molecule has 2 unspecified atom stereocenters. The maximum Gasteiger partial charge on any atom is 0.0762 e. The van der Waals surface area contributed by atoms with Crippen molar-refractivity contribution >= 4 is 0 Å². The van der Waals surface area contributed by atoms with Gasteiger partial charge in [0.15, 0.2) is 0 Å². The summed E-state index contributed by atoms with van der Waals surface area (Å²) in [6.45, 7) is 7.28. The maximum absolute atomic E-state index is 9.05. The molecule has 0 radical (unpaired) electrons. The minimum Gasteiger partial charge on any atom is -0.395 e. The van der Waals surface area contributed by atoms with Crippen molar-refractivity contribution in [3.05, 3.63) is 18.0 Å². The maximum atomic E-state index is 9.05. The average Bonchev–Trinajstić information content (AvgIpc) is 2.78. The first-order chi connectivity index (χ1) is 7.71. The summed E-state index contributed by atoms with van der Waals surface area (Å²) < 4.78 is 2.00. The highest BCUT2D eigenvalue weighted by Gasteiger charge is 2.07. The van der Waals surface area contributed by atoms with Gasteiger partial charge in [-0.2, -0.15) is 5.10 Å². The average molecular weight is 225 g/mol. The van der Waals surface area contributed by atoms with E-state index in [4.69, 9.17) is 5.11 Å². The number of aliphatic hydroxyl groups is 1. The van der Waals surface area contributed by atoms with E-state index in [0.29, 0.717) is 6.04 Å². The van der Waals surface area contributed by atoms with Crippen LogP contribution in [0.2, 0.25) is 0 Å². The first-order valence-corrected chi connectivity index (χ1v) is 6.09. The Morgan fingerprint density at radius 1 is 1.44 bits per heavy atom. The van der Waals surface area contributed by atoms with Gasteiger partial charge in [-0.3, -0.25) is 4.68 Å². The molecule has 0 fully saturated rings. The van der Waals surface area contributed by atoms with Gasteiger partial charge in [-0.15, -0.1) is 0 Å². The molecule has 0 aromatic carbocycles. The van der Waals surface area contributed by atoms with Crippen molar-refractivity contribution in [2.24, 2.45) is 0 Å². The summed E-state index contributed by atoms with van der Waals surface area (Å²) in [4.78, 5) is 0. The SMILES string of the molecule is CCC(CO)NCc1ccn(C(C)CC)n1. The summed E-state index contributed by atoms with van der Waals surface area (Å²) in [5.41, 5.74) is 1.03. The largest absolute Gasteiger partial charge is 0.395 e. The Kier molecular flexibility index (Phi) is 5.49. The van der Waals surface area contributed by atoms with E-state index in [9.17, 15) is 0 Å². The van der Waals surface area contributed by atoms with Gasteiger partial charge in [0, 0.05) is 24.8 Å². The zero-order valence-electron chi connectivity index (χ0n) is 10.5. The highest BCUT2D eigenvalue weighted by molar-refractivity contribution is 4.99. The monoisotopic (exact) mass is 225 g/mol. The van der Waals surface area contributed by atoms with Crippen LogP contribution in [0.4, 0.5) is 0 Å². The normalized spacial score (nSPS) is 15.0. The lowest BCUT2D eigenvalue weighted by Gasteiger charge is -2.12. The number of aliphatic hydroxyl groups excluding tert-OH is 1. The van der Waals surface area contributed by atoms with Crippen LogP contribution in [0.3, 0.4) is 0 Å². The summed E-state index contributed by atoms with van der Waals surface area (Å²) >= 11 is 0. The summed E-state index contributed by atoms with van der Waals surface area (Å²) in [7, 11) is 0. The van der Waals surface area contributed by atoms with Gasteiger partial charge in [-0.05, 0) is 25.8 Å². The Hall–Kier alpha value is -0.870. The third-order valence-corrected chi connectivity index (χ3v) is 2.99. The van der Waals surface area contributed by atoms with Crippen molar-refractivity contribution < 1.29 is 5.11 Å². The van der Waals surface area contributed by atoms with Crippen molar-refractivity contribution in [3.8, 4) is 0 Å². The van der Waals surface area contributed by atoms with Crippen molar-refractivity contribution in [2.75, 3.05) is 6.61 Å². The Balaban J connectivity index is 2.46. The van der Waals surface area contributed by atoms with Crippen LogP contribution in [0.5, 0.6) is 0 Å². The minimum absolute atomic E-state index is 0.175. The molecule has 0 spiro atoms. The Morgan fingerprint density at radius 2 is 2.19 bits per heavy atom. The van der Waals surface area contributed by atoms with Gasteiger partial charge >= 0.3 is 0 Å². The molecule has 0 bridgehead atoms. The molecule has 4 nitrogen and oxygen atoms in total. The lowest BCUT2D eigenvalue weighted by molar-refractivity contribution is 0.238. The second-order valence-corrected chi connectivity index (χ2v) is 4.21. The first kappa shape index (κ1) is 13.2. The van der Waals surface area contributed by atoms with Gasteiger partial charge in [0.05, 0.1) is 12.3 Å². The molecule has 2 N–H and O–H groups in total. The smallest absolute Gasteiger partial charge is 0.0762 e. The summed E-state index contributed by atoms with van der Waals surface area (Å²) in [5.74, 6) is 0. The number of hydrogen-bond acceptors (Lipinski definition) is 3. The molecule has 1 rings (SSSR count). The van der Waals surface area contributed by atoms with Gasteiger partial charge in [-0.1, -0.05) is 13.8 Å². The Morgan fingerprint density at radius 3 is 2.75 bits per heavy atom. The van der Waals surface area contributed by atoms with E-state index < -0.39 is 0 Å². The van der Waals surface area contributed by atoms with Crippen molar-refractivity contribution in [3.63, 3.8) is 0 Å². The van der Waals surface area contributed by atoms with E-state index in [-0.39, 0.29) is 12.6 Å². The molecule has 0 aliphatic heterocycles. The van der Waals surface area contributed by atoms with Crippen LogP contribution in [-0.2, 0) is 6.54 Å². The highest BCUT2D eigenvalue weighted by atomic mass is 16.3. The van der Waals surface area contributed by atoms with Gasteiger partial charge in [0.2, 0.25) is 0 Å². The van der Waals surface area contributed by atoms with Crippen molar-refractivity contribution in [1.82, 2.24) is 15.1 Å². The van der Waals surface area contributed by atoms with Crippen LogP contribution in [-0.4, -0.2) is 27.5 Å². The molecule has 2 atom stereocenters. The summed E-state index contributed by atoms with van der Waals surface area (Å²) in [6, 6.07) is 2.66. The molecular formula is C12H23N3O. The van der Waals surface area contributed by atoms with Crippen LogP contribution < -0.4 is 5.32 Å². The molecule has 0 aliphatic carbocycles. The quantitative estimate of drug-likeness (QED) is 0.743. The molecule has 0 saturated carbocycles. The third kappa shape index (κ3) is 3.61. The second-order valence-electron chi connectivity index (χ2n) is 4.21. The molecular weight excluding hydrogens is 202 g/mol. The van der Waals surface area contributed by atoms with Crippen LogP contribution in [0.25, 0.3) is 0 Å². The van der Waals surface area contributed by atoms with Crippen LogP contribution in [0.1, 0.15) is 45.3 Å². The molecule has 1 heterocycles. The molecule has 16 heavy (non-hydrogen) atoms. The zero-order valence-corrected chi connectivity index (χ0v) is 10.5. The van der Waals surface area contributed by atoms with E-state index in [1.807, 2.05) is 16.9 Å². The number of hydrogen-bond donors (Lipinski definition) is 2. The predicted molar refractivity (Wildman–Crippen MR) is 65.2 cm³/mol. The number of aromatic nitrogens is 2.